The van der Waals surface area contributed by atoms with Crippen LogP contribution in [0.2, 0.25) is 0 Å². The Balaban J connectivity index is 1.81. The molecule has 0 aromatic rings. The minimum absolute atomic E-state index is 0.0443. The summed E-state index contributed by atoms with van der Waals surface area (Å²) in [6, 6.07) is 0.321. The van der Waals surface area contributed by atoms with Crippen LogP contribution in [0, 0.1) is 17.8 Å². The predicted octanol–water partition coefficient (Wildman–Crippen LogP) is 1.94. The van der Waals surface area contributed by atoms with Crippen LogP contribution < -0.4 is 10.6 Å². The fourth-order valence-electron chi connectivity index (χ4n) is 3.44. The third-order valence-electron chi connectivity index (χ3n) is 4.92. The van der Waals surface area contributed by atoms with Gasteiger partial charge >= 0.3 is 0 Å². The number of carbonyl (C=O) groups excluding carboxylic acids is 1. The normalized spacial score (nSPS) is 32.8. The van der Waals surface area contributed by atoms with Crippen molar-refractivity contribution >= 4 is 5.91 Å². The first kappa shape index (κ1) is 15.8. The maximum Gasteiger partial charge on any atom is 0.246 e. The zero-order valence-corrected chi connectivity index (χ0v) is 13.4. The van der Waals surface area contributed by atoms with Gasteiger partial charge in [-0.2, -0.15) is 0 Å². The van der Waals surface area contributed by atoms with Gasteiger partial charge in [-0.05, 0) is 37.5 Å². The van der Waals surface area contributed by atoms with E-state index in [1.54, 1.807) is 0 Å². The lowest BCUT2D eigenvalue weighted by Crippen LogP contribution is -2.60. The Morgan fingerprint density at radius 3 is 2.65 bits per heavy atom. The molecule has 2 fully saturated rings. The number of amides is 1. The standard InChI is InChI=1S/C16H30N2O2/c1-11(2)13-6-5-12(3)7-14(13)18-15(19)8-20-16(4)9-17-10-16/h11-14,17H,5-10H2,1-4H3,(H,18,19). The average molecular weight is 282 g/mol. The Hall–Kier alpha value is -0.610. The summed E-state index contributed by atoms with van der Waals surface area (Å²) in [5, 5.41) is 6.40. The first-order chi connectivity index (χ1) is 9.39. The molecule has 4 nitrogen and oxygen atoms in total. The lowest BCUT2D eigenvalue weighted by Gasteiger charge is -2.40. The summed E-state index contributed by atoms with van der Waals surface area (Å²) in [7, 11) is 0. The molecule has 2 aliphatic rings. The molecule has 1 aliphatic heterocycles. The molecule has 3 unspecified atom stereocenters. The van der Waals surface area contributed by atoms with Crippen molar-refractivity contribution in [1.29, 1.82) is 0 Å². The fourth-order valence-corrected chi connectivity index (χ4v) is 3.44. The fraction of sp³-hybridized carbons (Fsp3) is 0.938. The van der Waals surface area contributed by atoms with E-state index in [1.807, 2.05) is 0 Å². The molecular formula is C16H30N2O2. The first-order valence-electron chi connectivity index (χ1n) is 8.04. The molecular weight excluding hydrogens is 252 g/mol. The summed E-state index contributed by atoms with van der Waals surface area (Å²) >= 11 is 0. The van der Waals surface area contributed by atoms with E-state index in [9.17, 15) is 4.79 Å². The van der Waals surface area contributed by atoms with Crippen LogP contribution in [0.4, 0.5) is 0 Å². The van der Waals surface area contributed by atoms with Gasteiger partial charge in [0.2, 0.25) is 5.91 Å². The number of nitrogens with one attached hydrogen (secondary N) is 2. The Labute approximate surface area is 123 Å². The second-order valence-electron chi connectivity index (χ2n) is 7.34. The lowest BCUT2D eigenvalue weighted by molar-refractivity contribution is -0.137. The van der Waals surface area contributed by atoms with Gasteiger partial charge in [0.05, 0.1) is 5.60 Å². The van der Waals surface area contributed by atoms with Crippen LogP contribution in [-0.4, -0.2) is 37.2 Å². The van der Waals surface area contributed by atoms with Gasteiger partial charge in [-0.3, -0.25) is 4.79 Å². The van der Waals surface area contributed by atoms with Gasteiger partial charge in [-0.25, -0.2) is 0 Å². The zero-order valence-electron chi connectivity index (χ0n) is 13.4. The van der Waals surface area contributed by atoms with Crippen molar-refractivity contribution in [2.75, 3.05) is 19.7 Å². The van der Waals surface area contributed by atoms with Crippen molar-refractivity contribution in [3.63, 3.8) is 0 Å². The maximum absolute atomic E-state index is 12.1. The summed E-state index contributed by atoms with van der Waals surface area (Å²) in [5.74, 6) is 1.99. The van der Waals surface area contributed by atoms with E-state index in [-0.39, 0.29) is 18.1 Å². The molecule has 0 aromatic heterocycles. The predicted molar refractivity (Wildman–Crippen MR) is 80.5 cm³/mol. The minimum Gasteiger partial charge on any atom is -0.363 e. The van der Waals surface area contributed by atoms with Crippen molar-refractivity contribution in [2.24, 2.45) is 17.8 Å². The summed E-state index contributed by atoms with van der Waals surface area (Å²) in [6.07, 6.45) is 3.62. The van der Waals surface area contributed by atoms with Crippen LogP contribution in [-0.2, 0) is 9.53 Å². The van der Waals surface area contributed by atoms with Gasteiger partial charge in [0.15, 0.2) is 0 Å². The van der Waals surface area contributed by atoms with Crippen LogP contribution in [0.3, 0.4) is 0 Å². The van der Waals surface area contributed by atoms with Crippen molar-refractivity contribution < 1.29 is 9.53 Å². The van der Waals surface area contributed by atoms with E-state index in [1.165, 1.54) is 12.8 Å². The molecule has 1 heterocycles. The molecule has 0 bridgehead atoms. The molecule has 20 heavy (non-hydrogen) atoms. The van der Waals surface area contributed by atoms with E-state index in [4.69, 9.17) is 4.74 Å². The van der Waals surface area contributed by atoms with E-state index in [0.717, 1.165) is 19.5 Å². The molecule has 4 heteroatoms. The van der Waals surface area contributed by atoms with Crippen LogP contribution in [0.1, 0.15) is 47.0 Å². The second-order valence-corrected chi connectivity index (χ2v) is 7.34. The number of carbonyl (C=O) groups is 1. The van der Waals surface area contributed by atoms with Crippen LogP contribution in [0.25, 0.3) is 0 Å². The Kier molecular flexibility index (Phi) is 5.08. The van der Waals surface area contributed by atoms with E-state index < -0.39 is 0 Å². The van der Waals surface area contributed by atoms with E-state index in [0.29, 0.717) is 23.8 Å². The third kappa shape index (κ3) is 3.95. The zero-order chi connectivity index (χ0) is 14.8. The second kappa shape index (κ2) is 6.44. The highest BCUT2D eigenvalue weighted by molar-refractivity contribution is 5.77. The highest BCUT2D eigenvalue weighted by Gasteiger charge is 2.34. The molecule has 3 atom stereocenters. The average Bonchev–Trinajstić information content (AvgIpc) is 2.33. The number of hydrogen-bond donors (Lipinski definition) is 2. The molecule has 1 saturated heterocycles. The minimum atomic E-state index is -0.144. The molecule has 1 aliphatic carbocycles. The first-order valence-corrected chi connectivity index (χ1v) is 8.04. The molecule has 116 valence electrons. The quantitative estimate of drug-likeness (QED) is 0.810. The Morgan fingerprint density at radius 2 is 2.10 bits per heavy atom. The van der Waals surface area contributed by atoms with Crippen LogP contribution >= 0.6 is 0 Å². The molecule has 2 rings (SSSR count). The van der Waals surface area contributed by atoms with Crippen molar-refractivity contribution in [2.45, 2.75) is 58.6 Å². The van der Waals surface area contributed by atoms with Gasteiger partial charge in [0.25, 0.3) is 0 Å². The van der Waals surface area contributed by atoms with Crippen LogP contribution in [0.5, 0.6) is 0 Å². The number of hydrogen-bond acceptors (Lipinski definition) is 3. The maximum atomic E-state index is 12.1. The summed E-state index contributed by atoms with van der Waals surface area (Å²) in [6.45, 7) is 10.7. The SMILES string of the molecule is CC1CCC(C(C)C)C(NC(=O)COC2(C)CNC2)C1. The van der Waals surface area contributed by atoms with E-state index >= 15 is 0 Å². The topological polar surface area (TPSA) is 50.4 Å². The smallest absolute Gasteiger partial charge is 0.246 e. The molecule has 0 radical (unpaired) electrons. The van der Waals surface area contributed by atoms with Crippen molar-refractivity contribution in [3.8, 4) is 0 Å². The molecule has 2 N–H and O–H groups in total. The molecule has 1 amide bonds. The van der Waals surface area contributed by atoms with Gasteiger partial charge in [0, 0.05) is 19.1 Å². The largest absolute Gasteiger partial charge is 0.363 e. The number of rotatable bonds is 5. The van der Waals surface area contributed by atoms with Gasteiger partial charge in [-0.15, -0.1) is 0 Å². The summed E-state index contributed by atoms with van der Waals surface area (Å²) < 4.78 is 5.72. The highest BCUT2D eigenvalue weighted by Crippen LogP contribution is 2.33. The molecule has 0 spiro atoms. The Bertz CT molecular complexity index is 339. The third-order valence-corrected chi connectivity index (χ3v) is 4.92. The monoisotopic (exact) mass is 282 g/mol. The van der Waals surface area contributed by atoms with Gasteiger partial charge in [-0.1, -0.05) is 27.2 Å². The summed E-state index contributed by atoms with van der Waals surface area (Å²) in [5.41, 5.74) is -0.144. The van der Waals surface area contributed by atoms with Crippen molar-refractivity contribution in [1.82, 2.24) is 10.6 Å². The Morgan fingerprint density at radius 1 is 1.40 bits per heavy atom. The van der Waals surface area contributed by atoms with Gasteiger partial charge < -0.3 is 15.4 Å². The highest BCUT2D eigenvalue weighted by atomic mass is 16.5. The lowest BCUT2D eigenvalue weighted by atomic mass is 9.74. The van der Waals surface area contributed by atoms with Crippen molar-refractivity contribution in [3.05, 3.63) is 0 Å². The van der Waals surface area contributed by atoms with Crippen LogP contribution in [0.15, 0.2) is 0 Å². The summed E-state index contributed by atoms with van der Waals surface area (Å²) in [4.78, 5) is 12.1. The molecule has 1 saturated carbocycles. The number of ether oxygens (including phenoxy) is 1. The molecule has 0 aromatic carbocycles. The van der Waals surface area contributed by atoms with Gasteiger partial charge in [0.1, 0.15) is 6.61 Å². The van der Waals surface area contributed by atoms with E-state index in [2.05, 4.69) is 38.3 Å².